The molecule has 1 fully saturated rings. The van der Waals surface area contributed by atoms with E-state index in [9.17, 15) is 22.4 Å². The third kappa shape index (κ3) is 3.94. The van der Waals surface area contributed by atoms with Gasteiger partial charge in [-0.15, -0.1) is 0 Å². The Balaban J connectivity index is 1.83. The minimum atomic E-state index is -4.65. The van der Waals surface area contributed by atoms with Gasteiger partial charge in [-0.25, -0.2) is 4.98 Å². The van der Waals surface area contributed by atoms with Crippen LogP contribution < -0.4 is 10.3 Å². The lowest BCUT2D eigenvalue weighted by Crippen LogP contribution is -2.42. The molecule has 1 aliphatic carbocycles. The summed E-state index contributed by atoms with van der Waals surface area (Å²) in [5, 5.41) is 0. The maximum Gasteiger partial charge on any atom is 0.357 e. The third-order valence-corrected chi connectivity index (χ3v) is 5.23. The van der Waals surface area contributed by atoms with Crippen molar-refractivity contribution in [3.63, 3.8) is 0 Å². The number of aromatic nitrogens is 2. The largest absolute Gasteiger partial charge is 0.497 e. The Labute approximate surface area is 153 Å². The highest BCUT2D eigenvalue weighted by atomic mass is 19.3. The number of ether oxygens (including phenoxy) is 1. The number of nitrogens with zero attached hydrogens (tertiary/aromatic N) is 1. The highest BCUT2D eigenvalue weighted by Crippen LogP contribution is 2.45. The quantitative estimate of drug-likeness (QED) is 0.680. The number of nitrogens with one attached hydrogen (secondary N) is 1. The molecular formula is C19H22F4N2O2. The van der Waals surface area contributed by atoms with Gasteiger partial charge in [0.2, 0.25) is 0 Å². The molecule has 0 amide bonds. The van der Waals surface area contributed by atoms with E-state index >= 15 is 0 Å². The van der Waals surface area contributed by atoms with Gasteiger partial charge in [-0.1, -0.05) is 32.1 Å². The van der Waals surface area contributed by atoms with E-state index in [0.717, 1.165) is 25.7 Å². The normalized spacial score (nSPS) is 16.2. The molecule has 2 aromatic rings. The smallest absolute Gasteiger partial charge is 0.357 e. The van der Waals surface area contributed by atoms with Crippen molar-refractivity contribution in [1.82, 2.24) is 9.97 Å². The summed E-state index contributed by atoms with van der Waals surface area (Å²) in [4.78, 5) is 17.8. The maximum atomic E-state index is 14.5. The number of halogens is 4. The highest BCUT2D eigenvalue weighted by Gasteiger charge is 2.59. The highest BCUT2D eigenvalue weighted by molar-refractivity contribution is 5.75. The van der Waals surface area contributed by atoms with Gasteiger partial charge in [0.15, 0.2) is 5.69 Å². The first-order valence-electron chi connectivity index (χ1n) is 9.09. The number of H-pyrrole nitrogens is 1. The Morgan fingerprint density at radius 1 is 1.22 bits per heavy atom. The molecule has 1 aliphatic rings. The Hall–Kier alpha value is -2.12. The molecule has 8 heteroatoms. The number of methoxy groups -OCH3 is 1. The van der Waals surface area contributed by atoms with Crippen LogP contribution in [0.3, 0.4) is 0 Å². The summed E-state index contributed by atoms with van der Waals surface area (Å²) < 4.78 is 62.6. The number of aromatic amines is 1. The molecule has 0 bridgehead atoms. The predicted molar refractivity (Wildman–Crippen MR) is 93.6 cm³/mol. The first-order valence-corrected chi connectivity index (χ1v) is 9.09. The van der Waals surface area contributed by atoms with Crippen molar-refractivity contribution in [3.8, 4) is 5.75 Å². The number of alkyl halides is 4. The summed E-state index contributed by atoms with van der Waals surface area (Å²) >= 11 is 0. The van der Waals surface area contributed by atoms with Crippen LogP contribution in [0.5, 0.6) is 5.75 Å². The molecule has 27 heavy (non-hydrogen) atoms. The minimum Gasteiger partial charge on any atom is -0.497 e. The first-order chi connectivity index (χ1) is 12.7. The molecule has 148 valence electrons. The van der Waals surface area contributed by atoms with Crippen molar-refractivity contribution in [3.05, 3.63) is 34.2 Å². The fraction of sp³-hybridized carbons (Fsp3) is 0.579. The van der Waals surface area contributed by atoms with Crippen LogP contribution in [0, 0.1) is 5.92 Å². The number of hydrogen-bond donors (Lipinski definition) is 1. The molecule has 0 saturated heterocycles. The Morgan fingerprint density at radius 3 is 2.59 bits per heavy atom. The van der Waals surface area contributed by atoms with Crippen LogP contribution in [0.2, 0.25) is 0 Å². The standard InChI is InChI=1S/C19H22F4N2O2/c1-27-13-8-9-14-15(11-13)25-17(26)16(24-14)19(22,23)18(20,21)10-4-7-12-5-2-3-6-12/h8-9,11-12H,2-7,10H2,1H3,(H,25,26). The van der Waals surface area contributed by atoms with Gasteiger partial charge < -0.3 is 9.72 Å². The van der Waals surface area contributed by atoms with Crippen LogP contribution in [-0.2, 0) is 5.92 Å². The molecule has 0 spiro atoms. The molecule has 0 atom stereocenters. The minimum absolute atomic E-state index is 0.00403. The fourth-order valence-electron chi connectivity index (χ4n) is 3.65. The van der Waals surface area contributed by atoms with Crippen LogP contribution in [0.15, 0.2) is 23.0 Å². The number of rotatable bonds is 7. The Morgan fingerprint density at radius 2 is 1.93 bits per heavy atom. The van der Waals surface area contributed by atoms with E-state index in [1.165, 1.54) is 25.3 Å². The lowest BCUT2D eigenvalue weighted by atomic mass is 9.96. The summed E-state index contributed by atoms with van der Waals surface area (Å²) in [5.74, 6) is -8.26. The van der Waals surface area contributed by atoms with Gasteiger partial charge in [0.05, 0.1) is 18.1 Å². The van der Waals surface area contributed by atoms with E-state index in [-0.39, 0.29) is 17.5 Å². The van der Waals surface area contributed by atoms with Crippen LogP contribution in [-0.4, -0.2) is 23.0 Å². The lowest BCUT2D eigenvalue weighted by Gasteiger charge is -2.26. The Bertz CT molecular complexity index is 860. The monoisotopic (exact) mass is 386 g/mol. The van der Waals surface area contributed by atoms with Crippen molar-refractivity contribution in [1.29, 1.82) is 0 Å². The van der Waals surface area contributed by atoms with Crippen molar-refractivity contribution in [2.75, 3.05) is 7.11 Å². The van der Waals surface area contributed by atoms with E-state index in [1.54, 1.807) is 0 Å². The predicted octanol–water partition coefficient (Wildman–Crippen LogP) is 5.02. The summed E-state index contributed by atoms with van der Waals surface area (Å²) in [5.41, 5.74) is -2.64. The molecular weight excluding hydrogens is 364 g/mol. The van der Waals surface area contributed by atoms with Gasteiger partial charge in [-0.2, -0.15) is 17.6 Å². The van der Waals surface area contributed by atoms with Crippen LogP contribution in [0.4, 0.5) is 17.6 Å². The zero-order valence-corrected chi connectivity index (χ0v) is 15.0. The average Bonchev–Trinajstić information content (AvgIpc) is 3.13. The number of fused-ring (bicyclic) bond motifs is 1. The molecule has 1 aromatic carbocycles. The van der Waals surface area contributed by atoms with E-state index in [0.29, 0.717) is 18.1 Å². The van der Waals surface area contributed by atoms with Gasteiger partial charge in [0.25, 0.3) is 5.56 Å². The summed E-state index contributed by atoms with van der Waals surface area (Å²) in [6.07, 6.45) is 3.60. The second-order valence-corrected chi connectivity index (χ2v) is 7.12. The third-order valence-electron chi connectivity index (χ3n) is 5.23. The van der Waals surface area contributed by atoms with Gasteiger partial charge in [-0.3, -0.25) is 4.79 Å². The average molecular weight is 386 g/mol. The van der Waals surface area contributed by atoms with Crippen LogP contribution in [0.1, 0.15) is 50.6 Å². The van der Waals surface area contributed by atoms with Crippen molar-refractivity contribution in [2.24, 2.45) is 5.92 Å². The molecule has 0 unspecified atom stereocenters. The molecule has 1 saturated carbocycles. The van der Waals surface area contributed by atoms with Gasteiger partial charge in [0, 0.05) is 12.5 Å². The fourth-order valence-corrected chi connectivity index (χ4v) is 3.65. The Kier molecular flexibility index (Phi) is 5.44. The number of hydrogen-bond acceptors (Lipinski definition) is 3. The summed E-state index contributed by atoms with van der Waals surface area (Å²) in [6.45, 7) is 0. The topological polar surface area (TPSA) is 55.0 Å². The van der Waals surface area contributed by atoms with E-state index in [1.807, 2.05) is 0 Å². The molecule has 3 rings (SSSR count). The summed E-state index contributed by atoms with van der Waals surface area (Å²) in [7, 11) is 1.40. The molecule has 4 nitrogen and oxygen atoms in total. The van der Waals surface area contributed by atoms with E-state index in [4.69, 9.17) is 4.74 Å². The first kappa shape index (κ1) is 19.6. The zero-order valence-electron chi connectivity index (χ0n) is 15.0. The van der Waals surface area contributed by atoms with Gasteiger partial charge in [0.1, 0.15) is 5.75 Å². The van der Waals surface area contributed by atoms with Gasteiger partial charge >= 0.3 is 11.8 Å². The number of benzene rings is 1. The second kappa shape index (κ2) is 7.48. The molecule has 0 aliphatic heterocycles. The second-order valence-electron chi connectivity index (χ2n) is 7.12. The van der Waals surface area contributed by atoms with E-state index in [2.05, 4.69) is 9.97 Å². The van der Waals surface area contributed by atoms with Gasteiger partial charge in [-0.05, 0) is 24.5 Å². The van der Waals surface area contributed by atoms with Crippen LogP contribution >= 0.6 is 0 Å². The van der Waals surface area contributed by atoms with Crippen molar-refractivity contribution in [2.45, 2.75) is 56.8 Å². The summed E-state index contributed by atoms with van der Waals surface area (Å²) in [6, 6.07) is 4.18. The maximum absolute atomic E-state index is 14.5. The SMILES string of the molecule is COc1ccc2nc(C(F)(F)C(F)(F)CCCC3CCCC3)c(=O)[nH]c2c1. The molecule has 1 heterocycles. The lowest BCUT2D eigenvalue weighted by molar-refractivity contribution is -0.222. The van der Waals surface area contributed by atoms with Crippen molar-refractivity contribution < 1.29 is 22.3 Å². The van der Waals surface area contributed by atoms with Crippen molar-refractivity contribution >= 4 is 11.0 Å². The molecule has 0 radical (unpaired) electrons. The molecule has 1 aromatic heterocycles. The molecule has 1 N–H and O–H groups in total. The van der Waals surface area contributed by atoms with E-state index < -0.39 is 29.5 Å². The zero-order chi connectivity index (χ0) is 19.7. The van der Waals surface area contributed by atoms with Crippen LogP contribution in [0.25, 0.3) is 11.0 Å².